The first-order chi connectivity index (χ1) is 6.72. The Bertz CT molecular complexity index is 504. The van der Waals surface area contributed by atoms with E-state index < -0.39 is 0 Å². The lowest BCUT2D eigenvalue weighted by atomic mass is 10.3. The molecule has 0 atom stereocenters. The highest BCUT2D eigenvalue weighted by Gasteiger charge is 2.21. The van der Waals surface area contributed by atoms with Gasteiger partial charge in [0.2, 0.25) is 0 Å². The quantitative estimate of drug-likeness (QED) is 0.625. The maximum absolute atomic E-state index is 11.1. The average molecular weight is 244 g/mol. The fraction of sp³-hybridized carbons (Fsp3) is 0.143. The highest BCUT2D eigenvalue weighted by molar-refractivity contribution is 7.99. The maximum atomic E-state index is 11.1. The molecule has 3 rings (SSSR count). The zero-order valence-corrected chi connectivity index (χ0v) is 9.20. The molecule has 14 heavy (non-hydrogen) atoms. The van der Waals surface area contributed by atoms with Gasteiger partial charge in [-0.25, -0.2) is 0 Å². The van der Waals surface area contributed by atoms with Gasteiger partial charge in [-0.3, -0.25) is 9.59 Å². The number of hydrogen-bond donors (Lipinski definition) is 2. The summed E-state index contributed by atoms with van der Waals surface area (Å²) in [7, 11) is 0. The van der Waals surface area contributed by atoms with Crippen LogP contribution in [0.1, 0.15) is 9.75 Å². The van der Waals surface area contributed by atoms with E-state index in [2.05, 4.69) is 9.97 Å². The van der Waals surface area contributed by atoms with E-state index >= 15 is 0 Å². The smallest absolute Gasteiger partial charge is 0.305 e. The summed E-state index contributed by atoms with van der Waals surface area (Å²) in [6, 6.07) is 0. The third-order valence-corrected chi connectivity index (χ3v) is 5.02. The maximum Gasteiger partial charge on any atom is 0.305 e. The lowest BCUT2D eigenvalue weighted by Crippen LogP contribution is -1.96. The van der Waals surface area contributed by atoms with Gasteiger partial charge in [0.1, 0.15) is 0 Å². The molecule has 0 spiro atoms. The Morgan fingerprint density at radius 1 is 0.929 bits per heavy atom. The molecule has 0 radical (unpaired) electrons. The summed E-state index contributed by atoms with van der Waals surface area (Å²) in [4.78, 5) is 29.7. The molecule has 0 bridgehead atoms. The monoisotopic (exact) mass is 244 g/mol. The molecule has 1 aliphatic heterocycles. The fourth-order valence-electron chi connectivity index (χ4n) is 1.34. The first kappa shape index (κ1) is 8.51. The predicted molar refractivity (Wildman–Crippen MR) is 56.8 cm³/mol. The Labute approximate surface area is 90.0 Å². The van der Waals surface area contributed by atoms with Crippen molar-refractivity contribution in [3.63, 3.8) is 0 Å². The van der Waals surface area contributed by atoms with Crippen LogP contribution in [0.2, 0.25) is 0 Å². The third-order valence-electron chi connectivity index (χ3n) is 1.89. The lowest BCUT2D eigenvalue weighted by Gasteiger charge is -2.07. The first-order valence-electron chi connectivity index (χ1n) is 3.84. The summed E-state index contributed by atoms with van der Waals surface area (Å²) in [5, 5.41) is 1.75. The number of aromatic nitrogens is 2. The topological polar surface area (TPSA) is 65.7 Å². The molecule has 4 nitrogen and oxygen atoms in total. The number of hydrogen-bond acceptors (Lipinski definition) is 5. The standard InChI is InChI=1S/C7H4N2O2S3/c10-6-8-4-2(12-6)1-3-5(14-4)9-7(11)13-3/h1H2,(H,8,10)(H,9,11). The van der Waals surface area contributed by atoms with Crippen molar-refractivity contribution in [3.05, 3.63) is 29.1 Å². The molecule has 2 aromatic rings. The van der Waals surface area contributed by atoms with Gasteiger partial charge in [0, 0.05) is 16.2 Å². The highest BCUT2D eigenvalue weighted by atomic mass is 32.2. The average Bonchev–Trinajstić information content (AvgIpc) is 2.59. The zero-order chi connectivity index (χ0) is 9.71. The van der Waals surface area contributed by atoms with Crippen molar-refractivity contribution in [3.8, 4) is 0 Å². The Kier molecular flexibility index (Phi) is 1.73. The first-order valence-corrected chi connectivity index (χ1v) is 6.29. The van der Waals surface area contributed by atoms with Crippen molar-refractivity contribution in [1.29, 1.82) is 0 Å². The molecular weight excluding hydrogens is 240 g/mol. The summed E-state index contributed by atoms with van der Waals surface area (Å²) in [5.74, 6) is 0. The summed E-state index contributed by atoms with van der Waals surface area (Å²) < 4.78 is 0. The number of nitrogens with one attached hydrogen (secondary N) is 2. The number of fused-ring (bicyclic) bond motifs is 2. The van der Waals surface area contributed by atoms with Gasteiger partial charge in [-0.1, -0.05) is 34.4 Å². The Balaban J connectivity index is 2.19. The lowest BCUT2D eigenvalue weighted by molar-refractivity contribution is 1.00. The van der Waals surface area contributed by atoms with Gasteiger partial charge in [0.15, 0.2) is 0 Å². The normalized spacial score (nSPS) is 13.7. The molecule has 0 aliphatic carbocycles. The van der Waals surface area contributed by atoms with Crippen molar-refractivity contribution in [1.82, 2.24) is 9.97 Å². The summed E-state index contributed by atoms with van der Waals surface area (Å²) in [6.45, 7) is 0. The van der Waals surface area contributed by atoms with Crippen molar-refractivity contribution >= 4 is 34.4 Å². The molecule has 0 saturated carbocycles. The number of thiazole rings is 2. The minimum Gasteiger partial charge on any atom is -0.307 e. The van der Waals surface area contributed by atoms with Crippen molar-refractivity contribution < 1.29 is 0 Å². The molecule has 0 saturated heterocycles. The van der Waals surface area contributed by atoms with E-state index in [1.165, 1.54) is 34.4 Å². The molecule has 1 aliphatic rings. The second-order valence-electron chi connectivity index (χ2n) is 2.81. The predicted octanol–water partition coefficient (Wildman–Crippen LogP) is 1.24. The van der Waals surface area contributed by atoms with E-state index in [0.717, 1.165) is 19.8 Å². The molecule has 2 aromatic heterocycles. The third kappa shape index (κ3) is 1.20. The van der Waals surface area contributed by atoms with Crippen molar-refractivity contribution in [2.45, 2.75) is 16.5 Å². The van der Waals surface area contributed by atoms with Gasteiger partial charge in [-0.05, 0) is 0 Å². The Hall–Kier alpha value is -0.790. The van der Waals surface area contributed by atoms with Crippen LogP contribution in [0.25, 0.3) is 0 Å². The number of aromatic amines is 2. The van der Waals surface area contributed by atoms with Crippen LogP contribution in [0.15, 0.2) is 19.6 Å². The fourth-order valence-corrected chi connectivity index (χ4v) is 4.40. The molecule has 0 fully saturated rings. The number of H-pyrrole nitrogens is 2. The van der Waals surface area contributed by atoms with Crippen LogP contribution in [0.5, 0.6) is 0 Å². The van der Waals surface area contributed by atoms with Gasteiger partial charge in [0.25, 0.3) is 0 Å². The molecular formula is C7H4N2O2S3. The highest BCUT2D eigenvalue weighted by Crippen LogP contribution is 2.38. The molecule has 72 valence electrons. The van der Waals surface area contributed by atoms with Crippen LogP contribution >= 0.6 is 34.4 Å². The van der Waals surface area contributed by atoms with Crippen LogP contribution in [0, 0.1) is 0 Å². The van der Waals surface area contributed by atoms with E-state index in [-0.39, 0.29) is 9.75 Å². The summed E-state index contributed by atoms with van der Waals surface area (Å²) >= 11 is 3.88. The number of rotatable bonds is 0. The van der Waals surface area contributed by atoms with Crippen LogP contribution in [-0.2, 0) is 6.42 Å². The molecule has 0 aromatic carbocycles. The van der Waals surface area contributed by atoms with Crippen molar-refractivity contribution in [2.75, 3.05) is 0 Å². The van der Waals surface area contributed by atoms with E-state index in [0.29, 0.717) is 6.42 Å². The molecule has 2 N–H and O–H groups in total. The molecule has 0 unspecified atom stereocenters. The minimum absolute atomic E-state index is 0.0278. The molecule has 0 amide bonds. The van der Waals surface area contributed by atoms with E-state index in [4.69, 9.17) is 0 Å². The van der Waals surface area contributed by atoms with Crippen LogP contribution < -0.4 is 9.75 Å². The molecule has 3 heterocycles. The van der Waals surface area contributed by atoms with Crippen LogP contribution in [-0.4, -0.2) is 9.97 Å². The van der Waals surface area contributed by atoms with Crippen molar-refractivity contribution in [2.24, 2.45) is 0 Å². The van der Waals surface area contributed by atoms with Gasteiger partial charge in [-0.15, -0.1) is 0 Å². The SMILES string of the molecule is O=c1[nH]c2c(s1)Cc1sc(=O)[nH]c1S2. The van der Waals surface area contributed by atoms with Gasteiger partial charge in [0.05, 0.1) is 10.1 Å². The summed E-state index contributed by atoms with van der Waals surface area (Å²) in [5.41, 5.74) is 0. The van der Waals surface area contributed by atoms with Gasteiger partial charge in [-0.2, -0.15) is 0 Å². The second kappa shape index (κ2) is 2.85. The Morgan fingerprint density at radius 3 is 1.93 bits per heavy atom. The van der Waals surface area contributed by atoms with Gasteiger partial charge < -0.3 is 9.97 Å². The van der Waals surface area contributed by atoms with E-state index in [9.17, 15) is 9.59 Å². The Morgan fingerprint density at radius 2 is 1.43 bits per heavy atom. The summed E-state index contributed by atoms with van der Waals surface area (Å²) in [6.07, 6.45) is 0.699. The zero-order valence-electron chi connectivity index (χ0n) is 6.75. The van der Waals surface area contributed by atoms with Gasteiger partial charge >= 0.3 is 9.75 Å². The molecule has 7 heteroatoms. The largest absolute Gasteiger partial charge is 0.307 e. The van der Waals surface area contributed by atoms with Crippen LogP contribution in [0.4, 0.5) is 0 Å². The van der Waals surface area contributed by atoms with E-state index in [1.807, 2.05) is 0 Å². The van der Waals surface area contributed by atoms with Crippen LogP contribution in [0.3, 0.4) is 0 Å². The van der Waals surface area contributed by atoms with E-state index in [1.54, 1.807) is 0 Å². The second-order valence-corrected chi connectivity index (χ2v) is 5.97. The minimum atomic E-state index is -0.0278.